The van der Waals surface area contributed by atoms with Gasteiger partial charge in [0.25, 0.3) is 0 Å². The van der Waals surface area contributed by atoms with Crippen molar-refractivity contribution in [1.29, 1.82) is 5.26 Å². The molecule has 0 fully saturated rings. The Bertz CT molecular complexity index is 693. The van der Waals surface area contributed by atoms with Gasteiger partial charge >= 0.3 is 0 Å². The molecule has 108 valence electrons. The van der Waals surface area contributed by atoms with Crippen molar-refractivity contribution in [1.82, 2.24) is 0 Å². The number of rotatable bonds is 4. The van der Waals surface area contributed by atoms with Gasteiger partial charge < -0.3 is 15.2 Å². The van der Waals surface area contributed by atoms with Crippen LogP contribution in [0.4, 0.5) is 0 Å². The van der Waals surface area contributed by atoms with E-state index >= 15 is 0 Å². The maximum atomic E-state index is 8.89. The van der Waals surface area contributed by atoms with Gasteiger partial charge in [-0.2, -0.15) is 5.26 Å². The molecule has 5 heteroatoms. The summed E-state index contributed by atoms with van der Waals surface area (Å²) in [5.74, 6) is 1.47. The molecule has 2 aromatic rings. The second kappa shape index (κ2) is 6.49. The van der Waals surface area contributed by atoms with Gasteiger partial charge in [-0.15, -0.1) is 0 Å². The zero-order valence-electron chi connectivity index (χ0n) is 11.8. The Morgan fingerprint density at radius 3 is 2.43 bits per heavy atom. The quantitative estimate of drug-likeness (QED) is 0.925. The summed E-state index contributed by atoms with van der Waals surface area (Å²) in [6, 6.07) is 12.3. The molecule has 0 aliphatic rings. The lowest BCUT2D eigenvalue weighted by Crippen LogP contribution is -2.04. The second-order valence-electron chi connectivity index (χ2n) is 4.56. The predicted molar refractivity (Wildman–Crippen MR) is 81.8 cm³/mol. The van der Waals surface area contributed by atoms with Crippen LogP contribution in [0.2, 0.25) is 5.02 Å². The highest BCUT2D eigenvalue weighted by molar-refractivity contribution is 6.32. The van der Waals surface area contributed by atoms with Crippen LogP contribution < -0.4 is 15.2 Å². The van der Waals surface area contributed by atoms with Crippen LogP contribution in [0.15, 0.2) is 36.4 Å². The summed E-state index contributed by atoms with van der Waals surface area (Å²) in [6.45, 7) is 1.88. The largest absolute Gasteiger partial charge is 0.493 e. The number of hydrogen-bond donors (Lipinski definition) is 1. The van der Waals surface area contributed by atoms with Gasteiger partial charge in [0, 0.05) is 12.1 Å². The van der Waals surface area contributed by atoms with Gasteiger partial charge in [0.1, 0.15) is 5.75 Å². The molecular weight excluding hydrogens is 288 g/mol. The summed E-state index contributed by atoms with van der Waals surface area (Å²) in [5.41, 5.74) is 7.24. The van der Waals surface area contributed by atoms with Gasteiger partial charge in [-0.1, -0.05) is 17.7 Å². The van der Waals surface area contributed by atoms with Gasteiger partial charge in [-0.25, -0.2) is 0 Å². The van der Waals surface area contributed by atoms with Gasteiger partial charge in [0.2, 0.25) is 0 Å². The molecule has 0 bridgehead atoms. The van der Waals surface area contributed by atoms with Crippen molar-refractivity contribution >= 4 is 11.6 Å². The molecule has 0 heterocycles. The summed E-state index contributed by atoms with van der Waals surface area (Å²) < 4.78 is 11.0. The molecule has 0 aliphatic heterocycles. The standard InChI is InChI=1S/C16H15ClN2O2/c1-10(19)12-4-6-14(13(17)8-12)21-15-5-3-11(9-18)7-16(15)20-2/h3-8,10H,19H2,1-2H3/t10-/m0/s1. The van der Waals surface area contributed by atoms with Crippen molar-refractivity contribution in [2.24, 2.45) is 5.73 Å². The summed E-state index contributed by atoms with van der Waals surface area (Å²) in [4.78, 5) is 0. The van der Waals surface area contributed by atoms with Crippen LogP contribution in [0.3, 0.4) is 0 Å². The first-order valence-electron chi connectivity index (χ1n) is 6.36. The van der Waals surface area contributed by atoms with Crippen LogP contribution >= 0.6 is 11.6 Å². The van der Waals surface area contributed by atoms with Crippen LogP contribution in [-0.4, -0.2) is 7.11 Å². The van der Waals surface area contributed by atoms with Crippen molar-refractivity contribution in [3.63, 3.8) is 0 Å². The molecule has 0 unspecified atom stereocenters. The van der Waals surface area contributed by atoms with E-state index in [0.29, 0.717) is 27.8 Å². The monoisotopic (exact) mass is 302 g/mol. The third kappa shape index (κ3) is 3.46. The minimum atomic E-state index is -0.0963. The van der Waals surface area contributed by atoms with Crippen molar-refractivity contribution in [3.8, 4) is 23.3 Å². The van der Waals surface area contributed by atoms with Crippen LogP contribution in [0.25, 0.3) is 0 Å². The summed E-state index contributed by atoms with van der Waals surface area (Å²) >= 11 is 6.20. The molecule has 0 spiro atoms. The van der Waals surface area contributed by atoms with Gasteiger partial charge in [0.05, 0.1) is 23.8 Å². The molecule has 2 aromatic carbocycles. The third-order valence-corrected chi connectivity index (χ3v) is 3.29. The molecule has 2 N–H and O–H groups in total. The van der Waals surface area contributed by atoms with E-state index in [1.165, 1.54) is 7.11 Å². The highest BCUT2D eigenvalue weighted by Gasteiger charge is 2.11. The fourth-order valence-corrected chi connectivity index (χ4v) is 2.05. The summed E-state index contributed by atoms with van der Waals surface area (Å²) in [6.07, 6.45) is 0. The van der Waals surface area contributed by atoms with Crippen molar-refractivity contribution in [2.45, 2.75) is 13.0 Å². The predicted octanol–water partition coefficient (Wildman–Crippen LogP) is 4.03. The topological polar surface area (TPSA) is 68.3 Å². The molecule has 1 atom stereocenters. The average Bonchev–Trinajstić information content (AvgIpc) is 2.49. The van der Waals surface area contributed by atoms with E-state index in [2.05, 4.69) is 0 Å². The Hall–Kier alpha value is -2.22. The fourth-order valence-electron chi connectivity index (χ4n) is 1.82. The zero-order chi connectivity index (χ0) is 15.4. The first-order chi connectivity index (χ1) is 10.0. The molecule has 0 aliphatic carbocycles. The van der Waals surface area contributed by atoms with E-state index in [4.69, 9.17) is 32.1 Å². The minimum absolute atomic E-state index is 0.0963. The number of halogens is 1. The lowest BCUT2D eigenvalue weighted by Gasteiger charge is -2.13. The van der Waals surface area contributed by atoms with Crippen molar-refractivity contribution in [2.75, 3.05) is 7.11 Å². The Morgan fingerprint density at radius 1 is 1.14 bits per heavy atom. The highest BCUT2D eigenvalue weighted by Crippen LogP contribution is 2.36. The fraction of sp³-hybridized carbons (Fsp3) is 0.188. The molecule has 4 nitrogen and oxygen atoms in total. The van der Waals surface area contributed by atoms with Crippen LogP contribution in [-0.2, 0) is 0 Å². The number of ether oxygens (including phenoxy) is 2. The lowest BCUT2D eigenvalue weighted by molar-refractivity contribution is 0.378. The van der Waals surface area contributed by atoms with E-state index in [-0.39, 0.29) is 6.04 Å². The molecule has 0 saturated heterocycles. The van der Waals surface area contributed by atoms with Crippen molar-refractivity contribution < 1.29 is 9.47 Å². The zero-order valence-corrected chi connectivity index (χ0v) is 12.5. The number of nitriles is 1. The lowest BCUT2D eigenvalue weighted by atomic mass is 10.1. The number of nitrogens with two attached hydrogens (primary N) is 1. The number of methoxy groups -OCH3 is 1. The summed E-state index contributed by atoms with van der Waals surface area (Å²) in [7, 11) is 1.52. The normalized spacial score (nSPS) is 11.6. The molecule has 0 amide bonds. The SMILES string of the molecule is COc1cc(C#N)ccc1Oc1ccc([C@H](C)N)cc1Cl. The van der Waals surface area contributed by atoms with Crippen LogP contribution in [0, 0.1) is 11.3 Å². The van der Waals surface area contributed by atoms with E-state index in [1.54, 1.807) is 30.3 Å². The van der Waals surface area contributed by atoms with E-state index < -0.39 is 0 Å². The van der Waals surface area contributed by atoms with Crippen LogP contribution in [0.1, 0.15) is 24.1 Å². The summed E-state index contributed by atoms with van der Waals surface area (Å²) in [5, 5.41) is 9.35. The average molecular weight is 303 g/mol. The molecule has 0 aromatic heterocycles. The Balaban J connectivity index is 2.32. The first-order valence-corrected chi connectivity index (χ1v) is 6.74. The van der Waals surface area contributed by atoms with E-state index in [9.17, 15) is 0 Å². The smallest absolute Gasteiger partial charge is 0.169 e. The number of nitrogens with zero attached hydrogens (tertiary/aromatic N) is 1. The maximum absolute atomic E-state index is 8.89. The van der Waals surface area contributed by atoms with Crippen molar-refractivity contribution in [3.05, 3.63) is 52.5 Å². The first kappa shape index (κ1) is 15.2. The molecule has 21 heavy (non-hydrogen) atoms. The Labute approximate surface area is 128 Å². The minimum Gasteiger partial charge on any atom is -0.493 e. The Kier molecular flexibility index (Phi) is 4.69. The van der Waals surface area contributed by atoms with E-state index in [1.807, 2.05) is 19.1 Å². The maximum Gasteiger partial charge on any atom is 0.169 e. The number of benzene rings is 2. The molecule has 0 radical (unpaired) electrons. The van der Waals surface area contributed by atoms with Gasteiger partial charge in [-0.05, 0) is 36.8 Å². The third-order valence-electron chi connectivity index (χ3n) is 2.99. The second-order valence-corrected chi connectivity index (χ2v) is 4.97. The van der Waals surface area contributed by atoms with Gasteiger partial charge in [0.15, 0.2) is 11.5 Å². The van der Waals surface area contributed by atoms with Gasteiger partial charge in [-0.3, -0.25) is 0 Å². The molecule has 2 rings (SSSR count). The highest BCUT2D eigenvalue weighted by atomic mass is 35.5. The Morgan fingerprint density at radius 2 is 1.86 bits per heavy atom. The van der Waals surface area contributed by atoms with E-state index in [0.717, 1.165) is 5.56 Å². The number of hydrogen-bond acceptors (Lipinski definition) is 4. The molecular formula is C16H15ClN2O2. The van der Waals surface area contributed by atoms with Crippen LogP contribution in [0.5, 0.6) is 17.2 Å². The molecule has 0 saturated carbocycles.